The van der Waals surface area contributed by atoms with Crippen molar-refractivity contribution in [1.29, 1.82) is 0 Å². The van der Waals surface area contributed by atoms with Crippen LogP contribution in [0.2, 0.25) is 10.0 Å². The van der Waals surface area contributed by atoms with Crippen molar-refractivity contribution >= 4 is 33.6 Å². The van der Waals surface area contributed by atoms with Crippen LogP contribution in [0.25, 0.3) is 22.7 Å². The van der Waals surface area contributed by atoms with Gasteiger partial charge in [0.25, 0.3) is 11.1 Å². The van der Waals surface area contributed by atoms with Crippen LogP contribution in [0.3, 0.4) is 0 Å². The smallest absolute Gasteiger partial charge is 0 e. The van der Waals surface area contributed by atoms with Crippen LogP contribution < -0.4 is 11.1 Å². The van der Waals surface area contributed by atoms with Gasteiger partial charge in [-0.25, -0.2) is 18.7 Å². The molecule has 0 aliphatic carbocycles. The van der Waals surface area contributed by atoms with Crippen LogP contribution in [0, 0.1) is 27.7 Å². The average molecular weight is 1220 g/mol. The fourth-order valence-electron chi connectivity index (χ4n) is 8.81. The Balaban J connectivity index is 0.000000464. The molecular formula is C54H56Cl2N8O13STi2. The fraction of sp³-hybridized carbons (Fsp3) is 0.111. The molecule has 0 radical (unpaired) electrons. The predicted molar refractivity (Wildman–Crippen MR) is 296 cm³/mol. The van der Waals surface area contributed by atoms with Crippen molar-refractivity contribution in [1.82, 2.24) is 39.1 Å². The Kier molecular flexibility index (Phi) is 26.3. The SMILES string of the molecule is Cc1nn(-c2ccccc2)c(O)c1C(c1ccc(Cl)cc1)c1c(C)[nH]n(-c2ccccc2)c1=O.Cc1nn(-c2ccccc2)c(O)c1C(c1ccc(Cl)cc1)c1c(C)[nH]n(-c2ccccc2)c1=O.O.O.O.O.O=S(=O)(O)O.[O]=[Ti].[Ti]. The summed E-state index contributed by atoms with van der Waals surface area (Å²) in [5, 5.41) is 39.6. The van der Waals surface area contributed by atoms with Crippen LogP contribution in [0.4, 0.5) is 0 Å². The number of H-pyrrole nitrogens is 2. The Labute approximate surface area is 495 Å². The van der Waals surface area contributed by atoms with Gasteiger partial charge < -0.3 is 32.1 Å². The van der Waals surface area contributed by atoms with E-state index in [-0.39, 0.29) is 66.5 Å². The molecule has 2 atom stereocenters. The molecule has 0 saturated carbocycles. The number of hydrogen-bond donors (Lipinski definition) is 6. The third-order valence-corrected chi connectivity index (χ3v) is 12.5. The Hall–Kier alpha value is -7.12. The molecule has 4 aromatic heterocycles. The zero-order valence-electron chi connectivity index (χ0n) is 43.0. The predicted octanol–water partition coefficient (Wildman–Crippen LogP) is 6.94. The monoisotopic (exact) mass is 1220 g/mol. The number of aromatic hydroxyl groups is 2. The molecule has 0 aliphatic heterocycles. The van der Waals surface area contributed by atoms with Gasteiger partial charge in [-0.05, 0) is 112 Å². The quantitative estimate of drug-likeness (QED) is 0.0601. The molecule has 4 heterocycles. The summed E-state index contributed by atoms with van der Waals surface area (Å²) in [5.41, 5.74) is 9.13. The fourth-order valence-corrected chi connectivity index (χ4v) is 9.06. The van der Waals surface area contributed by atoms with Crippen molar-refractivity contribution in [2.75, 3.05) is 0 Å². The Morgan fingerprint density at radius 1 is 0.463 bits per heavy atom. The molecule has 26 heteroatoms. The number of aromatic nitrogens is 8. The van der Waals surface area contributed by atoms with Gasteiger partial charge >= 0.3 is 34.1 Å². The van der Waals surface area contributed by atoms with E-state index in [1.807, 2.05) is 173 Å². The van der Waals surface area contributed by atoms with Crippen molar-refractivity contribution in [2.24, 2.45) is 0 Å². The van der Waals surface area contributed by atoms with E-state index in [0.717, 1.165) is 54.3 Å². The van der Waals surface area contributed by atoms with Crippen LogP contribution >= 0.6 is 23.2 Å². The second-order valence-corrected chi connectivity index (χ2v) is 18.6. The number of rotatable bonds is 10. The summed E-state index contributed by atoms with van der Waals surface area (Å²) in [6.45, 7) is 7.42. The molecule has 21 nitrogen and oxygen atoms in total. The summed E-state index contributed by atoms with van der Waals surface area (Å²) in [6, 6.07) is 52.3. The van der Waals surface area contributed by atoms with Gasteiger partial charge in [-0.15, -0.1) is 0 Å². The number of nitrogens with one attached hydrogen (secondary N) is 2. The van der Waals surface area contributed by atoms with E-state index in [4.69, 9.17) is 44.0 Å². The van der Waals surface area contributed by atoms with Crippen LogP contribution in [0.1, 0.15) is 68.0 Å². The molecule has 0 spiro atoms. The molecule has 0 saturated heterocycles. The molecule has 0 fully saturated rings. The van der Waals surface area contributed by atoms with Crippen molar-refractivity contribution in [3.8, 4) is 34.5 Å². The minimum Gasteiger partial charge on any atom is 0 e. The van der Waals surface area contributed by atoms with Gasteiger partial charge in [0.1, 0.15) is 0 Å². The van der Waals surface area contributed by atoms with Crippen LogP contribution in [-0.4, -0.2) is 88.8 Å². The number of hydrogen-bond acceptors (Lipinski definition) is 9. The van der Waals surface area contributed by atoms with E-state index < -0.39 is 22.2 Å². The zero-order chi connectivity index (χ0) is 54.1. The van der Waals surface area contributed by atoms with Crippen molar-refractivity contribution in [2.45, 2.75) is 39.5 Å². The molecule has 0 aliphatic rings. The number of benzene rings is 6. The summed E-state index contributed by atoms with van der Waals surface area (Å²) < 4.78 is 45.9. The number of para-hydroxylation sites is 4. The number of aryl methyl sites for hydroxylation is 4. The number of halogens is 2. The van der Waals surface area contributed by atoms with Crippen LogP contribution in [0.15, 0.2) is 179 Å². The van der Waals surface area contributed by atoms with Gasteiger partial charge in [0, 0.05) is 66.1 Å². The van der Waals surface area contributed by atoms with Gasteiger partial charge in [0.2, 0.25) is 11.8 Å². The van der Waals surface area contributed by atoms with E-state index in [0.29, 0.717) is 55.1 Å². The molecule has 10 rings (SSSR count). The molecule has 6 aromatic carbocycles. The summed E-state index contributed by atoms with van der Waals surface area (Å²) in [4.78, 5) is 27.5. The van der Waals surface area contributed by atoms with Crippen molar-refractivity contribution < 1.29 is 95.1 Å². The summed E-state index contributed by atoms with van der Waals surface area (Å²) in [5.74, 6) is -1.11. The van der Waals surface area contributed by atoms with Gasteiger partial charge in [0.05, 0.1) is 45.3 Å². The largest absolute Gasteiger partial charge is 0 e. The minimum atomic E-state index is -4.67. The molecule has 2 unspecified atom stereocenters. The molecule has 418 valence electrons. The molecule has 14 N–H and O–H groups in total. The van der Waals surface area contributed by atoms with E-state index in [2.05, 4.69) is 20.4 Å². The third-order valence-electron chi connectivity index (χ3n) is 12.0. The first kappa shape index (κ1) is 69.0. The van der Waals surface area contributed by atoms with Gasteiger partial charge in [-0.3, -0.25) is 28.9 Å². The van der Waals surface area contributed by atoms with Crippen molar-refractivity contribution in [3.05, 3.63) is 257 Å². The van der Waals surface area contributed by atoms with E-state index in [1.165, 1.54) is 18.7 Å². The first-order chi connectivity index (χ1) is 35.9. The topological polar surface area (TPSA) is 369 Å². The maximum absolute atomic E-state index is 13.7. The first-order valence-corrected chi connectivity index (χ1v) is 25.5. The maximum Gasteiger partial charge on any atom is 0 e. The van der Waals surface area contributed by atoms with Crippen LogP contribution in [0.5, 0.6) is 11.8 Å². The first-order valence-electron chi connectivity index (χ1n) is 22.7. The second kappa shape index (κ2) is 30.5. The average Bonchev–Trinajstić information content (AvgIpc) is 4.09. The van der Waals surface area contributed by atoms with Crippen molar-refractivity contribution in [3.63, 3.8) is 0 Å². The molecule has 0 bridgehead atoms. The van der Waals surface area contributed by atoms with E-state index in [9.17, 15) is 19.8 Å². The van der Waals surface area contributed by atoms with E-state index in [1.54, 1.807) is 24.3 Å². The summed E-state index contributed by atoms with van der Waals surface area (Å²) in [7, 11) is -4.67. The number of aromatic amines is 2. The maximum atomic E-state index is 13.7. The van der Waals surface area contributed by atoms with Gasteiger partial charge in [0.15, 0.2) is 0 Å². The molecule has 0 amide bonds. The third kappa shape index (κ3) is 15.6. The van der Waals surface area contributed by atoms with Gasteiger partial charge in [-0.1, -0.05) is 120 Å². The summed E-state index contributed by atoms with van der Waals surface area (Å²) in [6.07, 6.45) is 0. The Morgan fingerprint density at radius 3 is 0.975 bits per heavy atom. The standard InChI is InChI=1S/2C27H23ClN4O2.H2O4S.4H2O.O.2Ti/c2*1-17-23(26(33)31(29-17)21-9-5-3-6-10-21)25(19-13-15-20(28)16-14-19)24-18(2)30-32(27(24)34)22-11-7-4-8-12-22;1-5(2,3)4;;;;;;;/h2*3-16,25,29,34H,1-2H3;(H2,1,2,3,4);4*1H2;;;. The number of nitrogens with zero attached hydrogens (tertiary/aromatic N) is 6. The Bertz CT molecular complexity index is 3550. The van der Waals surface area contributed by atoms with Gasteiger partial charge in [-0.2, -0.15) is 18.6 Å². The van der Waals surface area contributed by atoms with E-state index >= 15 is 0 Å². The minimum absolute atomic E-state index is 0. The molecule has 80 heavy (non-hydrogen) atoms. The normalized spacial score (nSPS) is 11.0. The molecule has 10 aromatic rings. The Morgan fingerprint density at radius 2 is 0.713 bits per heavy atom. The zero-order valence-corrected chi connectivity index (χ0v) is 48.4. The van der Waals surface area contributed by atoms with Crippen LogP contribution in [-0.2, 0) is 55.8 Å². The summed E-state index contributed by atoms with van der Waals surface area (Å²) >= 11 is 13.1. The second-order valence-electron chi connectivity index (χ2n) is 16.8. The molecular weight excluding hydrogens is 1170 g/mol.